The molecule has 2 aromatic rings. The molecule has 2 aromatic carbocycles. The molecule has 0 atom stereocenters. The van der Waals surface area contributed by atoms with Gasteiger partial charge in [-0.25, -0.2) is 0 Å². The summed E-state index contributed by atoms with van der Waals surface area (Å²) in [7, 11) is 0. The van der Waals surface area contributed by atoms with Gasteiger partial charge in [-0.3, -0.25) is 0 Å². The van der Waals surface area contributed by atoms with E-state index in [0.717, 1.165) is 33.4 Å². The number of phenols is 2. The van der Waals surface area contributed by atoms with Gasteiger partial charge in [-0.05, 0) is 48.4 Å². The van der Waals surface area contributed by atoms with Gasteiger partial charge in [0.15, 0.2) is 0 Å². The van der Waals surface area contributed by atoms with Crippen LogP contribution < -0.4 is 0 Å². The SMILES string of the molecule is C=CCc1c(O)c(C(C)(C)c2ccccc2O)c(CC=C)c(CC=C)c1CC=C. The van der Waals surface area contributed by atoms with Crippen LogP contribution in [0, 0.1) is 0 Å². The Morgan fingerprint density at radius 1 is 0.724 bits per heavy atom. The second kappa shape index (κ2) is 9.47. The molecule has 0 radical (unpaired) electrons. The molecule has 0 saturated heterocycles. The number of aromatic hydroxyl groups is 2. The maximum atomic E-state index is 11.5. The topological polar surface area (TPSA) is 40.5 Å². The van der Waals surface area contributed by atoms with Crippen molar-refractivity contribution in [2.45, 2.75) is 44.9 Å². The van der Waals surface area contributed by atoms with Crippen LogP contribution in [-0.2, 0) is 31.1 Å². The molecule has 0 aliphatic rings. The molecular formula is C27H32O2. The fraction of sp³-hybridized carbons (Fsp3) is 0.259. The molecule has 152 valence electrons. The van der Waals surface area contributed by atoms with E-state index in [4.69, 9.17) is 0 Å². The van der Waals surface area contributed by atoms with Crippen molar-refractivity contribution in [2.24, 2.45) is 0 Å². The van der Waals surface area contributed by atoms with Gasteiger partial charge in [0.2, 0.25) is 0 Å². The summed E-state index contributed by atoms with van der Waals surface area (Å²) in [6, 6.07) is 7.30. The van der Waals surface area contributed by atoms with Crippen molar-refractivity contribution in [1.29, 1.82) is 0 Å². The quantitative estimate of drug-likeness (QED) is 0.466. The first-order chi connectivity index (χ1) is 13.8. The molecule has 2 N–H and O–H groups in total. The molecule has 0 bridgehead atoms. The van der Waals surface area contributed by atoms with Crippen LogP contribution in [0.1, 0.15) is 47.2 Å². The molecule has 2 rings (SSSR count). The number of benzene rings is 2. The summed E-state index contributed by atoms with van der Waals surface area (Å²) in [4.78, 5) is 0. The Bertz CT molecular complexity index is 932. The summed E-state index contributed by atoms with van der Waals surface area (Å²) in [5, 5.41) is 22.0. The number of para-hydroxylation sites is 1. The Balaban J connectivity index is 3.01. The molecule has 2 nitrogen and oxygen atoms in total. The number of rotatable bonds is 10. The molecule has 0 saturated carbocycles. The highest BCUT2D eigenvalue weighted by molar-refractivity contribution is 5.63. The first-order valence-electron chi connectivity index (χ1n) is 9.95. The highest BCUT2D eigenvalue weighted by Gasteiger charge is 2.34. The average molecular weight is 389 g/mol. The Labute approximate surface area is 175 Å². The Kier molecular flexibility index (Phi) is 7.28. The Morgan fingerprint density at radius 2 is 1.17 bits per heavy atom. The maximum absolute atomic E-state index is 11.5. The highest BCUT2D eigenvalue weighted by atomic mass is 16.3. The predicted octanol–water partition coefficient (Wildman–Crippen LogP) is 6.34. The highest BCUT2D eigenvalue weighted by Crippen LogP contribution is 2.46. The molecule has 0 fully saturated rings. The van der Waals surface area contributed by atoms with Gasteiger partial charge < -0.3 is 10.2 Å². The first kappa shape index (κ1) is 22.3. The van der Waals surface area contributed by atoms with Crippen LogP contribution in [0.5, 0.6) is 11.5 Å². The molecule has 0 heterocycles. The Morgan fingerprint density at radius 3 is 1.69 bits per heavy atom. The second-order valence-electron chi connectivity index (χ2n) is 7.75. The van der Waals surface area contributed by atoms with Gasteiger partial charge in [0, 0.05) is 22.1 Å². The fourth-order valence-electron chi connectivity index (χ4n) is 4.28. The monoisotopic (exact) mass is 388 g/mol. The van der Waals surface area contributed by atoms with E-state index in [1.807, 2.05) is 50.3 Å². The van der Waals surface area contributed by atoms with E-state index in [-0.39, 0.29) is 11.5 Å². The smallest absolute Gasteiger partial charge is 0.123 e. The number of hydrogen-bond acceptors (Lipinski definition) is 2. The van der Waals surface area contributed by atoms with Crippen LogP contribution in [0.3, 0.4) is 0 Å². The van der Waals surface area contributed by atoms with Crippen LogP contribution in [0.25, 0.3) is 0 Å². The molecule has 0 unspecified atom stereocenters. The maximum Gasteiger partial charge on any atom is 0.123 e. The van der Waals surface area contributed by atoms with E-state index in [1.54, 1.807) is 12.1 Å². The van der Waals surface area contributed by atoms with Crippen molar-refractivity contribution >= 4 is 0 Å². The molecular weight excluding hydrogens is 356 g/mol. The third-order valence-corrected chi connectivity index (χ3v) is 5.51. The molecule has 0 aromatic heterocycles. The zero-order valence-corrected chi connectivity index (χ0v) is 17.7. The van der Waals surface area contributed by atoms with Crippen LogP contribution in [-0.4, -0.2) is 10.2 Å². The van der Waals surface area contributed by atoms with Crippen LogP contribution in [0.4, 0.5) is 0 Å². The summed E-state index contributed by atoms with van der Waals surface area (Å²) in [5.41, 5.74) is 5.09. The fourth-order valence-corrected chi connectivity index (χ4v) is 4.28. The van der Waals surface area contributed by atoms with Crippen molar-refractivity contribution in [3.8, 4) is 11.5 Å². The summed E-state index contributed by atoms with van der Waals surface area (Å²) in [6.45, 7) is 19.7. The number of hydrogen-bond donors (Lipinski definition) is 2. The third-order valence-electron chi connectivity index (χ3n) is 5.51. The van der Waals surface area contributed by atoms with Crippen LogP contribution >= 0.6 is 0 Å². The minimum atomic E-state index is -0.619. The summed E-state index contributed by atoms with van der Waals surface area (Å²) >= 11 is 0. The van der Waals surface area contributed by atoms with Crippen molar-refractivity contribution in [3.63, 3.8) is 0 Å². The standard InChI is InChI=1S/C27H32O2/c1-7-13-19-20(14-8-2)22(16-10-4)26(29)25(21(19)15-9-3)27(5,6)23-17-11-12-18-24(23)28/h7-12,17-18,28-29H,1-4,13-16H2,5-6H3. The van der Waals surface area contributed by atoms with Gasteiger partial charge in [0.25, 0.3) is 0 Å². The zero-order valence-electron chi connectivity index (χ0n) is 17.7. The van der Waals surface area contributed by atoms with Crippen LogP contribution in [0.2, 0.25) is 0 Å². The van der Waals surface area contributed by atoms with E-state index in [9.17, 15) is 10.2 Å². The zero-order chi connectivity index (χ0) is 21.6. The molecule has 2 heteroatoms. The van der Waals surface area contributed by atoms with Crippen molar-refractivity contribution < 1.29 is 10.2 Å². The number of allylic oxidation sites excluding steroid dienone is 4. The van der Waals surface area contributed by atoms with E-state index < -0.39 is 5.41 Å². The van der Waals surface area contributed by atoms with Gasteiger partial charge in [0.05, 0.1) is 0 Å². The minimum absolute atomic E-state index is 0.215. The Hall–Kier alpha value is -3.00. The molecule has 0 spiro atoms. The third kappa shape index (κ3) is 4.22. The van der Waals surface area contributed by atoms with Gasteiger partial charge >= 0.3 is 0 Å². The van der Waals surface area contributed by atoms with Gasteiger partial charge in [-0.2, -0.15) is 0 Å². The lowest BCUT2D eigenvalue weighted by Gasteiger charge is -2.33. The van der Waals surface area contributed by atoms with E-state index in [1.165, 1.54) is 0 Å². The van der Waals surface area contributed by atoms with Crippen LogP contribution in [0.15, 0.2) is 74.9 Å². The van der Waals surface area contributed by atoms with Gasteiger partial charge in [-0.15, -0.1) is 26.3 Å². The summed E-state index contributed by atoms with van der Waals surface area (Å²) < 4.78 is 0. The summed E-state index contributed by atoms with van der Waals surface area (Å²) in [6.07, 6.45) is 9.92. The van der Waals surface area contributed by atoms with E-state index in [2.05, 4.69) is 26.3 Å². The molecule has 0 aliphatic carbocycles. The van der Waals surface area contributed by atoms with Gasteiger partial charge in [0.1, 0.15) is 11.5 Å². The van der Waals surface area contributed by atoms with E-state index >= 15 is 0 Å². The normalized spacial score (nSPS) is 11.1. The minimum Gasteiger partial charge on any atom is -0.508 e. The van der Waals surface area contributed by atoms with E-state index in [0.29, 0.717) is 25.7 Å². The molecule has 29 heavy (non-hydrogen) atoms. The lowest BCUT2D eigenvalue weighted by atomic mass is 9.71. The number of phenolic OH excluding ortho intramolecular Hbond substituents is 2. The lowest BCUT2D eigenvalue weighted by Crippen LogP contribution is -2.24. The first-order valence-corrected chi connectivity index (χ1v) is 9.95. The van der Waals surface area contributed by atoms with Crippen molar-refractivity contribution in [2.75, 3.05) is 0 Å². The lowest BCUT2D eigenvalue weighted by molar-refractivity contribution is 0.430. The van der Waals surface area contributed by atoms with Crippen molar-refractivity contribution in [1.82, 2.24) is 0 Å². The summed E-state index contributed by atoms with van der Waals surface area (Å²) in [5.74, 6) is 0.479. The second-order valence-corrected chi connectivity index (χ2v) is 7.75. The van der Waals surface area contributed by atoms with Gasteiger partial charge in [-0.1, -0.05) is 56.4 Å². The molecule has 0 aliphatic heterocycles. The molecule has 0 amide bonds. The largest absolute Gasteiger partial charge is 0.508 e. The van der Waals surface area contributed by atoms with Crippen molar-refractivity contribution in [3.05, 3.63) is 108 Å². The average Bonchev–Trinajstić information content (AvgIpc) is 2.68. The predicted molar refractivity (Wildman–Crippen MR) is 124 cm³/mol.